The molecule has 1 fully saturated rings. The number of likely N-dealkylation sites (N-methyl/N-ethyl adjacent to an activating group) is 1. The Morgan fingerprint density at radius 2 is 1.82 bits per heavy atom. The molecule has 1 unspecified atom stereocenters. The summed E-state index contributed by atoms with van der Waals surface area (Å²) in [5.41, 5.74) is 0.812. The molecule has 3 rings (SSSR count). The topological polar surface area (TPSA) is 96.3 Å². The van der Waals surface area contributed by atoms with Gasteiger partial charge in [-0.15, -0.1) is 0 Å². The second kappa shape index (κ2) is 12.8. The van der Waals surface area contributed by atoms with Gasteiger partial charge in [0.2, 0.25) is 11.8 Å². The number of alkyl halides is 3. The lowest BCUT2D eigenvalue weighted by atomic mass is 9.79. The summed E-state index contributed by atoms with van der Waals surface area (Å²) in [6.45, 7) is 6.02. The highest BCUT2D eigenvalue weighted by Gasteiger charge is 2.35. The van der Waals surface area contributed by atoms with Crippen molar-refractivity contribution in [1.29, 1.82) is 0 Å². The van der Waals surface area contributed by atoms with Crippen LogP contribution in [0.5, 0.6) is 0 Å². The van der Waals surface area contributed by atoms with Gasteiger partial charge in [0.25, 0.3) is 5.91 Å². The van der Waals surface area contributed by atoms with Crippen molar-refractivity contribution in [3.05, 3.63) is 47.0 Å². The Hall–Kier alpha value is -3.44. The molecular formula is C28H37F4N5O3. The summed E-state index contributed by atoms with van der Waals surface area (Å²) in [4.78, 5) is 39.7. The Labute approximate surface area is 231 Å². The zero-order chi connectivity index (χ0) is 29.8. The van der Waals surface area contributed by atoms with Crippen LogP contribution >= 0.6 is 0 Å². The van der Waals surface area contributed by atoms with Crippen molar-refractivity contribution in [2.24, 2.45) is 11.8 Å². The van der Waals surface area contributed by atoms with Crippen LogP contribution in [0.15, 0.2) is 24.4 Å². The van der Waals surface area contributed by atoms with Crippen molar-refractivity contribution in [3.63, 3.8) is 0 Å². The molecule has 8 nitrogen and oxygen atoms in total. The van der Waals surface area contributed by atoms with Gasteiger partial charge in [-0.25, -0.2) is 4.39 Å². The van der Waals surface area contributed by atoms with E-state index in [0.717, 1.165) is 38.8 Å². The molecular weight excluding hydrogens is 530 g/mol. The molecule has 1 saturated carbocycles. The number of carbonyl (C=O) groups is 3. The lowest BCUT2D eigenvalue weighted by molar-refractivity contribution is -0.159. The number of halogens is 4. The van der Waals surface area contributed by atoms with Crippen LogP contribution in [0.2, 0.25) is 0 Å². The average Bonchev–Trinajstić information content (AvgIpc) is 3.37. The molecule has 12 heteroatoms. The molecule has 1 heterocycles. The maximum Gasteiger partial charge on any atom is 0.406 e. The molecule has 3 amide bonds. The molecule has 2 aromatic rings. The van der Waals surface area contributed by atoms with E-state index in [1.165, 1.54) is 23.9 Å². The van der Waals surface area contributed by atoms with E-state index in [1.807, 2.05) is 6.92 Å². The predicted octanol–water partition coefficient (Wildman–Crippen LogP) is 5.04. The number of benzene rings is 1. The van der Waals surface area contributed by atoms with Crippen LogP contribution in [-0.4, -0.2) is 58.2 Å². The Morgan fingerprint density at radius 1 is 1.18 bits per heavy atom. The highest BCUT2D eigenvalue weighted by atomic mass is 19.4. The van der Waals surface area contributed by atoms with E-state index in [4.69, 9.17) is 0 Å². The Balaban J connectivity index is 1.81. The smallest absolute Gasteiger partial charge is 0.339 e. The van der Waals surface area contributed by atoms with E-state index in [1.54, 1.807) is 13.0 Å². The van der Waals surface area contributed by atoms with Gasteiger partial charge in [0, 0.05) is 19.8 Å². The minimum Gasteiger partial charge on any atom is -0.339 e. The van der Waals surface area contributed by atoms with Crippen molar-refractivity contribution in [3.8, 4) is 0 Å². The van der Waals surface area contributed by atoms with Crippen LogP contribution in [0, 0.1) is 24.6 Å². The fourth-order valence-corrected chi connectivity index (χ4v) is 5.29. The molecule has 1 aliphatic carbocycles. The number of anilines is 1. The predicted molar refractivity (Wildman–Crippen MR) is 142 cm³/mol. The van der Waals surface area contributed by atoms with Crippen molar-refractivity contribution in [1.82, 2.24) is 20.0 Å². The largest absolute Gasteiger partial charge is 0.406 e. The zero-order valence-corrected chi connectivity index (χ0v) is 23.4. The number of hydrogen-bond acceptors (Lipinski definition) is 4. The fraction of sp³-hybridized carbons (Fsp3) is 0.571. The lowest BCUT2D eigenvalue weighted by Crippen LogP contribution is -2.49. The average molecular weight is 568 g/mol. The second-order valence-electron chi connectivity index (χ2n) is 10.7. The molecule has 0 spiro atoms. The first-order valence-electron chi connectivity index (χ1n) is 13.5. The Kier molecular flexibility index (Phi) is 9.96. The van der Waals surface area contributed by atoms with Crippen LogP contribution in [0.4, 0.5) is 23.2 Å². The summed E-state index contributed by atoms with van der Waals surface area (Å²) in [5, 5.41) is 9.53. The van der Waals surface area contributed by atoms with E-state index >= 15 is 4.39 Å². The van der Waals surface area contributed by atoms with Gasteiger partial charge >= 0.3 is 6.18 Å². The minimum absolute atomic E-state index is 0.142. The third-order valence-electron chi connectivity index (χ3n) is 7.59. The molecule has 2 N–H and O–H groups in total. The van der Waals surface area contributed by atoms with Gasteiger partial charge in [0.05, 0.1) is 11.6 Å². The first kappa shape index (κ1) is 31.1. The minimum atomic E-state index is -4.56. The number of amides is 3. The molecule has 0 bridgehead atoms. The third-order valence-corrected chi connectivity index (χ3v) is 7.59. The van der Waals surface area contributed by atoms with E-state index in [9.17, 15) is 27.6 Å². The van der Waals surface area contributed by atoms with Crippen LogP contribution in [0.25, 0.3) is 0 Å². The monoisotopic (exact) mass is 567 g/mol. The fourth-order valence-electron chi connectivity index (χ4n) is 5.29. The van der Waals surface area contributed by atoms with Crippen LogP contribution in [-0.2, 0) is 16.1 Å². The number of aryl methyl sites for hydroxylation is 2. The maximum absolute atomic E-state index is 15.2. The summed E-state index contributed by atoms with van der Waals surface area (Å²) in [6, 6.07) is 3.05. The quantitative estimate of drug-likeness (QED) is 0.415. The molecule has 0 radical (unpaired) electrons. The van der Waals surface area contributed by atoms with Gasteiger partial charge in [-0.1, -0.05) is 19.8 Å². The molecule has 1 aromatic heterocycles. The van der Waals surface area contributed by atoms with Crippen LogP contribution in [0.1, 0.15) is 74.0 Å². The number of carbonyl (C=O) groups excluding carboxylic acids is 3. The van der Waals surface area contributed by atoms with Crippen LogP contribution in [0.3, 0.4) is 0 Å². The van der Waals surface area contributed by atoms with Gasteiger partial charge in [-0.2, -0.15) is 18.3 Å². The van der Waals surface area contributed by atoms with Gasteiger partial charge in [0.1, 0.15) is 24.1 Å². The van der Waals surface area contributed by atoms with Crippen LogP contribution < -0.4 is 10.6 Å². The Morgan fingerprint density at radius 3 is 2.42 bits per heavy atom. The van der Waals surface area contributed by atoms with Crippen molar-refractivity contribution >= 4 is 23.4 Å². The normalized spacial score (nSPS) is 19.0. The molecule has 0 aliphatic heterocycles. The summed E-state index contributed by atoms with van der Waals surface area (Å²) < 4.78 is 54.9. The summed E-state index contributed by atoms with van der Waals surface area (Å²) in [5.74, 6) is -3.36. The highest BCUT2D eigenvalue weighted by molar-refractivity contribution is 6.01. The highest BCUT2D eigenvalue weighted by Crippen LogP contribution is 2.32. The molecule has 2 atom stereocenters. The number of nitrogens with one attached hydrogen (secondary N) is 2. The number of rotatable bonds is 9. The van der Waals surface area contributed by atoms with Gasteiger partial charge < -0.3 is 15.5 Å². The Bertz CT molecular complexity index is 1220. The van der Waals surface area contributed by atoms with Crippen molar-refractivity contribution < 1.29 is 31.9 Å². The molecule has 40 heavy (non-hydrogen) atoms. The summed E-state index contributed by atoms with van der Waals surface area (Å²) in [6.07, 6.45) is 0.178. The SMILES string of the molecule is CCn1nccc1C(=O)N[C@H](C(=O)Nc1cc(C)c(C(C)C(=O)N(C)CC(F)(F)F)cc1F)C1CCC(C)CC1. The summed E-state index contributed by atoms with van der Waals surface area (Å²) >= 11 is 0. The number of nitrogens with zero attached hydrogens (tertiary/aromatic N) is 3. The van der Waals surface area contributed by atoms with E-state index in [2.05, 4.69) is 22.7 Å². The molecule has 220 valence electrons. The number of aromatic nitrogens is 2. The van der Waals surface area contributed by atoms with Gasteiger partial charge in [-0.3, -0.25) is 19.1 Å². The van der Waals surface area contributed by atoms with Crippen molar-refractivity contribution in [2.45, 2.75) is 78.1 Å². The lowest BCUT2D eigenvalue weighted by Gasteiger charge is -2.32. The van der Waals surface area contributed by atoms with Crippen molar-refractivity contribution in [2.75, 3.05) is 18.9 Å². The zero-order valence-electron chi connectivity index (χ0n) is 23.4. The second-order valence-corrected chi connectivity index (χ2v) is 10.7. The molecule has 1 aliphatic rings. The van der Waals surface area contributed by atoms with E-state index in [0.29, 0.717) is 28.6 Å². The van der Waals surface area contributed by atoms with Gasteiger partial charge in [0.15, 0.2) is 0 Å². The summed E-state index contributed by atoms with van der Waals surface area (Å²) in [7, 11) is 1.04. The third kappa shape index (κ3) is 7.60. The van der Waals surface area contributed by atoms with Gasteiger partial charge in [-0.05, 0) is 74.8 Å². The first-order chi connectivity index (χ1) is 18.7. The molecule has 1 aromatic carbocycles. The number of hydrogen-bond donors (Lipinski definition) is 2. The van der Waals surface area contributed by atoms with E-state index in [-0.39, 0.29) is 17.2 Å². The molecule has 0 saturated heterocycles. The first-order valence-corrected chi connectivity index (χ1v) is 13.5. The van der Waals surface area contributed by atoms with E-state index < -0.39 is 48.2 Å². The standard InChI is InChI=1S/C28H37F4N5O3/c1-6-37-23(11-12-33-37)25(38)35-24(19-9-7-16(2)8-10-19)26(39)34-22-13-17(3)20(14-21(22)29)18(4)27(40)36(5)15-28(30,31)32/h11-14,16,18-19,24H,6-10,15H2,1-5H3,(H,34,39)(H,35,38)/t16?,18?,19?,24-/m0/s1. The maximum atomic E-state index is 15.2.